The lowest BCUT2D eigenvalue weighted by Crippen LogP contribution is -2.31. The zero-order valence-electron chi connectivity index (χ0n) is 13.2. The number of nitrogens with one attached hydrogen (secondary N) is 1. The first-order chi connectivity index (χ1) is 12.0. The minimum atomic E-state index is -1.04. The van der Waals surface area contributed by atoms with Crippen LogP contribution in [0.4, 0.5) is 5.00 Å². The van der Waals surface area contributed by atoms with Gasteiger partial charge in [-0.3, -0.25) is 9.59 Å². The van der Waals surface area contributed by atoms with Gasteiger partial charge in [-0.15, -0.1) is 11.3 Å². The number of nitriles is 1. The van der Waals surface area contributed by atoms with Gasteiger partial charge < -0.3 is 14.8 Å². The first-order valence-corrected chi connectivity index (χ1v) is 8.07. The van der Waals surface area contributed by atoms with Crippen LogP contribution in [-0.2, 0) is 14.3 Å². The molecule has 0 radical (unpaired) electrons. The molecular weight excluding hydrogens is 344 g/mol. The van der Waals surface area contributed by atoms with E-state index in [4.69, 9.17) is 14.7 Å². The number of amides is 1. The third-order valence-electron chi connectivity index (χ3n) is 3.07. The Morgan fingerprint density at radius 3 is 2.68 bits per heavy atom. The number of esters is 1. The maximum absolute atomic E-state index is 12.0. The molecular formula is C17H14N2O5S. The standard InChI is InChI=1S/C17H14N2O5S/c1-11(16(22)19-17-13(8-18)6-7-25-17)24-15(21)10-23-14-4-2-12(9-20)3-5-14/h2-7,9,11H,10H2,1H3,(H,19,22)/t11-/m0/s1. The van der Waals surface area contributed by atoms with Crippen LogP contribution < -0.4 is 10.1 Å². The van der Waals surface area contributed by atoms with E-state index in [-0.39, 0.29) is 6.61 Å². The first kappa shape index (κ1) is 18.2. The van der Waals surface area contributed by atoms with E-state index in [9.17, 15) is 14.4 Å². The summed E-state index contributed by atoms with van der Waals surface area (Å²) in [6.45, 7) is 1.05. The van der Waals surface area contributed by atoms with Crippen molar-refractivity contribution in [2.24, 2.45) is 0 Å². The molecule has 0 bridgehead atoms. The fourth-order valence-corrected chi connectivity index (χ4v) is 2.52. The number of aldehydes is 1. The molecule has 0 unspecified atom stereocenters. The van der Waals surface area contributed by atoms with Gasteiger partial charge in [0, 0.05) is 5.56 Å². The second-order valence-corrected chi connectivity index (χ2v) is 5.79. The van der Waals surface area contributed by atoms with Crippen LogP contribution in [0.3, 0.4) is 0 Å². The van der Waals surface area contributed by atoms with Crippen LogP contribution in [0.2, 0.25) is 0 Å². The Bertz CT molecular complexity index is 807. The smallest absolute Gasteiger partial charge is 0.344 e. The summed E-state index contributed by atoms with van der Waals surface area (Å²) in [5, 5.41) is 13.5. The topological polar surface area (TPSA) is 105 Å². The lowest BCUT2D eigenvalue weighted by molar-refractivity contribution is -0.155. The second-order valence-electron chi connectivity index (χ2n) is 4.87. The van der Waals surface area contributed by atoms with Crippen molar-refractivity contribution in [3.05, 3.63) is 46.8 Å². The van der Waals surface area contributed by atoms with Gasteiger partial charge in [-0.2, -0.15) is 5.26 Å². The van der Waals surface area contributed by atoms with E-state index in [1.54, 1.807) is 35.7 Å². The van der Waals surface area contributed by atoms with Gasteiger partial charge in [-0.05, 0) is 42.6 Å². The van der Waals surface area contributed by atoms with Gasteiger partial charge in [0.05, 0.1) is 5.56 Å². The number of nitrogens with zero attached hydrogens (tertiary/aromatic N) is 1. The van der Waals surface area contributed by atoms with E-state index in [2.05, 4.69) is 5.32 Å². The van der Waals surface area contributed by atoms with Gasteiger partial charge in [-0.25, -0.2) is 4.79 Å². The van der Waals surface area contributed by atoms with Crippen LogP contribution in [0.15, 0.2) is 35.7 Å². The van der Waals surface area contributed by atoms with Crippen molar-refractivity contribution in [1.29, 1.82) is 5.26 Å². The Morgan fingerprint density at radius 1 is 1.32 bits per heavy atom. The SMILES string of the molecule is C[C@H](OC(=O)COc1ccc(C=O)cc1)C(=O)Nc1sccc1C#N. The summed E-state index contributed by atoms with van der Waals surface area (Å²) in [7, 11) is 0. The van der Waals surface area contributed by atoms with Crippen LogP contribution >= 0.6 is 11.3 Å². The number of ether oxygens (including phenoxy) is 2. The molecule has 0 aliphatic carbocycles. The average molecular weight is 358 g/mol. The zero-order chi connectivity index (χ0) is 18.2. The minimum absolute atomic E-state index is 0.346. The molecule has 0 aliphatic rings. The number of anilines is 1. The van der Waals surface area contributed by atoms with Gasteiger partial charge in [0.1, 0.15) is 23.1 Å². The molecule has 1 atom stereocenters. The number of carbonyl (C=O) groups excluding carboxylic acids is 3. The zero-order valence-corrected chi connectivity index (χ0v) is 14.0. The number of hydrogen-bond donors (Lipinski definition) is 1. The van der Waals surface area contributed by atoms with Crippen molar-refractivity contribution in [2.45, 2.75) is 13.0 Å². The highest BCUT2D eigenvalue weighted by Gasteiger charge is 2.19. The van der Waals surface area contributed by atoms with Crippen LogP contribution in [-0.4, -0.2) is 30.9 Å². The van der Waals surface area contributed by atoms with Crippen molar-refractivity contribution >= 4 is 34.5 Å². The largest absolute Gasteiger partial charge is 0.482 e. The van der Waals surface area contributed by atoms with Crippen molar-refractivity contribution in [1.82, 2.24) is 0 Å². The molecule has 2 rings (SSSR count). The summed E-state index contributed by atoms with van der Waals surface area (Å²) >= 11 is 1.20. The number of benzene rings is 1. The van der Waals surface area contributed by atoms with E-state index >= 15 is 0 Å². The highest BCUT2D eigenvalue weighted by atomic mass is 32.1. The maximum atomic E-state index is 12.0. The minimum Gasteiger partial charge on any atom is -0.482 e. The normalized spacial score (nSPS) is 11.0. The number of thiophene rings is 1. The quantitative estimate of drug-likeness (QED) is 0.602. The molecule has 1 N–H and O–H groups in total. The molecule has 0 spiro atoms. The molecule has 1 aromatic heterocycles. The van der Waals surface area contributed by atoms with Crippen molar-refractivity contribution in [3.63, 3.8) is 0 Å². The Hall–Kier alpha value is -3.18. The molecule has 1 aromatic carbocycles. The van der Waals surface area contributed by atoms with Gasteiger partial charge >= 0.3 is 5.97 Å². The van der Waals surface area contributed by atoms with Gasteiger partial charge in [0.15, 0.2) is 12.7 Å². The highest BCUT2D eigenvalue weighted by Crippen LogP contribution is 2.22. The Morgan fingerprint density at radius 2 is 2.04 bits per heavy atom. The monoisotopic (exact) mass is 358 g/mol. The number of carbonyl (C=O) groups is 3. The van der Waals surface area contributed by atoms with Gasteiger partial charge in [0.25, 0.3) is 5.91 Å². The van der Waals surface area contributed by atoms with Crippen molar-refractivity contribution in [3.8, 4) is 11.8 Å². The molecule has 1 amide bonds. The Kier molecular flexibility index (Phi) is 6.26. The summed E-state index contributed by atoms with van der Waals surface area (Å²) in [5.74, 6) is -0.853. The predicted molar refractivity (Wildman–Crippen MR) is 90.5 cm³/mol. The van der Waals surface area contributed by atoms with Crippen LogP contribution in [0, 0.1) is 11.3 Å². The van der Waals surface area contributed by atoms with E-state index < -0.39 is 18.0 Å². The molecule has 0 fully saturated rings. The molecule has 1 heterocycles. The van der Waals surface area contributed by atoms with Crippen LogP contribution in [0.5, 0.6) is 5.75 Å². The van der Waals surface area contributed by atoms with E-state index in [1.807, 2.05) is 6.07 Å². The molecule has 0 aliphatic heterocycles. The molecule has 0 saturated heterocycles. The summed E-state index contributed by atoms with van der Waals surface area (Å²) in [6.07, 6.45) is -0.342. The molecule has 128 valence electrons. The highest BCUT2D eigenvalue weighted by molar-refractivity contribution is 7.14. The Labute approximate surface area is 147 Å². The van der Waals surface area contributed by atoms with Gasteiger partial charge in [-0.1, -0.05) is 0 Å². The summed E-state index contributed by atoms with van der Waals surface area (Å²) in [4.78, 5) is 34.3. The molecule has 7 nitrogen and oxygen atoms in total. The molecule has 25 heavy (non-hydrogen) atoms. The fraction of sp³-hybridized carbons (Fsp3) is 0.176. The van der Waals surface area contributed by atoms with Crippen molar-refractivity contribution in [2.75, 3.05) is 11.9 Å². The molecule has 2 aromatic rings. The van der Waals surface area contributed by atoms with E-state index in [0.717, 1.165) is 0 Å². The van der Waals surface area contributed by atoms with E-state index in [0.29, 0.717) is 28.2 Å². The fourth-order valence-electron chi connectivity index (χ4n) is 1.78. The molecule has 0 saturated carbocycles. The Balaban J connectivity index is 1.81. The third-order valence-corrected chi connectivity index (χ3v) is 3.90. The predicted octanol–water partition coefficient (Wildman–Crippen LogP) is 2.38. The van der Waals surface area contributed by atoms with E-state index in [1.165, 1.54) is 18.3 Å². The van der Waals surface area contributed by atoms with Crippen LogP contribution in [0.1, 0.15) is 22.8 Å². The third kappa shape index (κ3) is 5.16. The van der Waals surface area contributed by atoms with Gasteiger partial charge in [0.2, 0.25) is 0 Å². The first-order valence-electron chi connectivity index (χ1n) is 7.19. The lowest BCUT2D eigenvalue weighted by atomic mass is 10.2. The summed E-state index contributed by atoms with van der Waals surface area (Å²) in [6, 6.07) is 9.74. The van der Waals surface area contributed by atoms with Crippen LogP contribution in [0.25, 0.3) is 0 Å². The second kappa shape index (κ2) is 8.61. The number of hydrogen-bond acceptors (Lipinski definition) is 7. The summed E-state index contributed by atoms with van der Waals surface area (Å²) < 4.78 is 10.2. The average Bonchev–Trinajstić information content (AvgIpc) is 3.07. The summed E-state index contributed by atoms with van der Waals surface area (Å²) in [5.41, 5.74) is 0.838. The lowest BCUT2D eigenvalue weighted by Gasteiger charge is -2.13. The van der Waals surface area contributed by atoms with Crippen molar-refractivity contribution < 1.29 is 23.9 Å². The maximum Gasteiger partial charge on any atom is 0.344 e. The number of rotatable bonds is 7. The molecule has 8 heteroatoms.